The monoisotopic (exact) mass is 503 g/mol. The predicted octanol–water partition coefficient (Wildman–Crippen LogP) is 3.08. The molecule has 0 radical (unpaired) electrons. The molecule has 0 aliphatic carbocycles. The van der Waals surface area contributed by atoms with Crippen molar-refractivity contribution in [3.8, 4) is 11.5 Å². The summed E-state index contributed by atoms with van der Waals surface area (Å²) in [6.07, 6.45) is 1.70. The number of amides is 1. The molecule has 0 aromatic heterocycles. The van der Waals surface area contributed by atoms with E-state index in [1.54, 1.807) is 7.11 Å². The lowest BCUT2D eigenvalue weighted by atomic mass is 9.91. The molecule has 37 heavy (non-hydrogen) atoms. The van der Waals surface area contributed by atoms with Gasteiger partial charge in [-0.05, 0) is 53.9 Å². The SMILES string of the molecule is COc1cccc(CCNNC(=O)[C@]2(Cc3ccccc3)COC(c3ccc(OCCCO)cc3)=N2)c1. The molecule has 1 atom stereocenters. The summed E-state index contributed by atoms with van der Waals surface area (Å²) in [4.78, 5) is 18.2. The van der Waals surface area contributed by atoms with Crippen molar-refractivity contribution in [2.45, 2.75) is 24.8 Å². The third-order valence-electron chi connectivity index (χ3n) is 6.07. The summed E-state index contributed by atoms with van der Waals surface area (Å²) in [5.41, 5.74) is 7.66. The minimum Gasteiger partial charge on any atom is -0.497 e. The molecular weight excluding hydrogens is 470 g/mol. The van der Waals surface area contributed by atoms with Crippen LogP contribution in [0.25, 0.3) is 0 Å². The Kier molecular flexibility index (Phi) is 9.13. The van der Waals surface area contributed by atoms with Crippen molar-refractivity contribution in [1.82, 2.24) is 10.9 Å². The lowest BCUT2D eigenvalue weighted by molar-refractivity contribution is -0.127. The van der Waals surface area contributed by atoms with Crippen molar-refractivity contribution in [3.63, 3.8) is 0 Å². The van der Waals surface area contributed by atoms with Gasteiger partial charge in [-0.25, -0.2) is 10.4 Å². The Balaban J connectivity index is 1.44. The smallest absolute Gasteiger partial charge is 0.266 e. The Hall–Kier alpha value is -3.88. The van der Waals surface area contributed by atoms with Crippen LogP contribution in [0.4, 0.5) is 0 Å². The van der Waals surface area contributed by atoms with Crippen molar-refractivity contribution in [2.75, 3.05) is 33.5 Å². The number of nitrogens with zero attached hydrogens (tertiary/aromatic N) is 1. The first-order chi connectivity index (χ1) is 18.1. The van der Waals surface area contributed by atoms with Crippen LogP contribution in [0, 0.1) is 0 Å². The van der Waals surface area contributed by atoms with Gasteiger partial charge in [0, 0.05) is 31.6 Å². The largest absolute Gasteiger partial charge is 0.497 e. The molecule has 3 aromatic carbocycles. The Morgan fingerprint density at radius 1 is 1.03 bits per heavy atom. The van der Waals surface area contributed by atoms with Crippen LogP contribution in [0.15, 0.2) is 83.9 Å². The Morgan fingerprint density at radius 2 is 1.81 bits per heavy atom. The van der Waals surface area contributed by atoms with Gasteiger partial charge in [0.2, 0.25) is 5.90 Å². The van der Waals surface area contributed by atoms with Gasteiger partial charge in [-0.3, -0.25) is 10.2 Å². The molecular formula is C29H33N3O5. The van der Waals surface area contributed by atoms with E-state index >= 15 is 0 Å². The van der Waals surface area contributed by atoms with Crippen LogP contribution in [0.1, 0.15) is 23.1 Å². The second-order valence-corrected chi connectivity index (χ2v) is 8.83. The van der Waals surface area contributed by atoms with Gasteiger partial charge in [0.25, 0.3) is 5.91 Å². The van der Waals surface area contributed by atoms with Crippen LogP contribution in [0.5, 0.6) is 11.5 Å². The first kappa shape index (κ1) is 26.2. The minimum absolute atomic E-state index is 0.0875. The zero-order valence-electron chi connectivity index (χ0n) is 21.0. The number of carbonyl (C=O) groups excluding carboxylic acids is 1. The summed E-state index contributed by atoms with van der Waals surface area (Å²) in [5, 5.41) is 8.92. The van der Waals surface area contributed by atoms with Crippen LogP contribution >= 0.6 is 0 Å². The van der Waals surface area contributed by atoms with Gasteiger partial charge in [0.1, 0.15) is 18.1 Å². The van der Waals surface area contributed by atoms with E-state index in [-0.39, 0.29) is 19.1 Å². The normalized spacial score (nSPS) is 16.5. The van der Waals surface area contributed by atoms with Crippen LogP contribution < -0.4 is 20.3 Å². The highest BCUT2D eigenvalue weighted by atomic mass is 16.5. The van der Waals surface area contributed by atoms with Gasteiger partial charge in [-0.1, -0.05) is 42.5 Å². The fourth-order valence-electron chi connectivity index (χ4n) is 4.06. The number of nitrogens with one attached hydrogen (secondary N) is 2. The van der Waals surface area contributed by atoms with Crippen molar-refractivity contribution >= 4 is 11.8 Å². The van der Waals surface area contributed by atoms with E-state index in [1.165, 1.54) is 0 Å². The standard InChI is InChI=1S/C29H33N3O5/c1-35-26-10-5-9-22(19-26)15-16-30-32-28(34)29(20-23-7-3-2-4-8-23)21-37-27(31-29)24-11-13-25(14-12-24)36-18-6-17-33/h2-5,7-14,19,30,33H,6,15-18,20-21H2,1H3,(H,32,34)/t29-/m0/s1. The van der Waals surface area contributed by atoms with Crippen molar-refractivity contribution in [2.24, 2.45) is 4.99 Å². The molecule has 0 unspecified atom stereocenters. The number of aliphatic imine (C=N–C) groups is 1. The van der Waals surface area contributed by atoms with Gasteiger partial charge < -0.3 is 19.3 Å². The topological polar surface area (TPSA) is 101 Å². The summed E-state index contributed by atoms with van der Waals surface area (Å²) >= 11 is 0. The van der Waals surface area contributed by atoms with Crippen LogP contribution in [-0.4, -0.2) is 55.9 Å². The Morgan fingerprint density at radius 3 is 2.57 bits per heavy atom. The van der Waals surface area contributed by atoms with Crippen LogP contribution in [-0.2, 0) is 22.4 Å². The number of hydrogen-bond acceptors (Lipinski definition) is 7. The molecule has 194 valence electrons. The molecule has 3 aromatic rings. The number of benzene rings is 3. The number of aliphatic hydroxyl groups is 1. The molecule has 0 fully saturated rings. The van der Waals surface area contributed by atoms with Gasteiger partial charge in [-0.2, -0.15) is 0 Å². The van der Waals surface area contributed by atoms with E-state index < -0.39 is 5.54 Å². The first-order valence-electron chi connectivity index (χ1n) is 12.4. The number of aliphatic hydroxyl groups excluding tert-OH is 1. The summed E-state index contributed by atoms with van der Waals surface area (Å²) < 4.78 is 16.8. The summed E-state index contributed by atoms with van der Waals surface area (Å²) in [7, 11) is 1.64. The highest BCUT2D eigenvalue weighted by Gasteiger charge is 2.44. The molecule has 8 nitrogen and oxygen atoms in total. The second kappa shape index (κ2) is 12.9. The molecule has 0 bridgehead atoms. The molecule has 0 saturated carbocycles. The zero-order valence-corrected chi connectivity index (χ0v) is 21.0. The van der Waals surface area contributed by atoms with Crippen molar-refractivity contribution in [3.05, 3.63) is 95.6 Å². The van der Waals surface area contributed by atoms with Crippen LogP contribution in [0.2, 0.25) is 0 Å². The lowest BCUT2D eigenvalue weighted by Gasteiger charge is -2.23. The van der Waals surface area contributed by atoms with E-state index in [9.17, 15) is 4.79 Å². The number of ether oxygens (including phenoxy) is 3. The molecule has 0 saturated heterocycles. The molecule has 1 aliphatic heterocycles. The fourth-order valence-corrected chi connectivity index (χ4v) is 4.06. The summed E-state index contributed by atoms with van der Waals surface area (Å²) in [5.74, 6) is 1.67. The van der Waals surface area contributed by atoms with E-state index in [1.807, 2.05) is 78.9 Å². The number of hydrazine groups is 1. The average Bonchev–Trinajstić information content (AvgIpc) is 3.37. The number of methoxy groups -OCH3 is 1. The third-order valence-corrected chi connectivity index (χ3v) is 6.07. The molecule has 1 aliphatic rings. The molecule has 4 rings (SSSR count). The summed E-state index contributed by atoms with van der Waals surface area (Å²) in [6, 6.07) is 25.0. The Bertz CT molecular complexity index is 1180. The average molecular weight is 504 g/mol. The first-order valence-corrected chi connectivity index (χ1v) is 12.4. The van der Waals surface area contributed by atoms with Gasteiger partial charge >= 0.3 is 0 Å². The van der Waals surface area contributed by atoms with Gasteiger partial charge in [0.15, 0.2) is 5.54 Å². The minimum atomic E-state index is -1.10. The van der Waals surface area contributed by atoms with Crippen molar-refractivity contribution < 1.29 is 24.1 Å². The van der Waals surface area contributed by atoms with Crippen LogP contribution in [0.3, 0.4) is 0 Å². The summed E-state index contributed by atoms with van der Waals surface area (Å²) in [6.45, 7) is 1.22. The molecule has 0 spiro atoms. The van der Waals surface area contributed by atoms with Gasteiger partial charge in [0.05, 0.1) is 13.7 Å². The highest BCUT2D eigenvalue weighted by molar-refractivity contribution is 6.00. The van der Waals surface area contributed by atoms with E-state index in [0.29, 0.717) is 37.6 Å². The molecule has 1 heterocycles. The fraction of sp³-hybridized carbons (Fsp3) is 0.310. The van der Waals surface area contributed by atoms with Crippen molar-refractivity contribution in [1.29, 1.82) is 0 Å². The maximum Gasteiger partial charge on any atom is 0.266 e. The quantitative estimate of drug-likeness (QED) is 0.245. The predicted molar refractivity (Wildman–Crippen MR) is 142 cm³/mol. The maximum absolute atomic E-state index is 13.4. The van der Waals surface area contributed by atoms with E-state index in [0.717, 1.165) is 28.9 Å². The lowest BCUT2D eigenvalue weighted by Crippen LogP contribution is -2.53. The number of carbonyl (C=O) groups is 1. The molecule has 1 amide bonds. The highest BCUT2D eigenvalue weighted by Crippen LogP contribution is 2.27. The Labute approximate surface area is 217 Å². The second-order valence-electron chi connectivity index (χ2n) is 8.83. The molecule has 3 N–H and O–H groups in total. The maximum atomic E-state index is 13.4. The number of rotatable bonds is 13. The van der Waals surface area contributed by atoms with E-state index in [4.69, 9.17) is 24.3 Å². The van der Waals surface area contributed by atoms with Gasteiger partial charge in [-0.15, -0.1) is 0 Å². The van der Waals surface area contributed by atoms with E-state index in [2.05, 4.69) is 10.9 Å². The third kappa shape index (κ3) is 7.09. The number of hydrogen-bond donors (Lipinski definition) is 3. The molecule has 8 heteroatoms. The zero-order chi connectivity index (χ0) is 25.9.